The van der Waals surface area contributed by atoms with Crippen LogP contribution in [-0.4, -0.2) is 4.92 Å². The molecule has 0 saturated carbocycles. The van der Waals surface area contributed by atoms with E-state index in [1.807, 2.05) is 0 Å². The molecule has 0 saturated heterocycles. The highest BCUT2D eigenvalue weighted by molar-refractivity contribution is 8.76. The molecule has 0 aliphatic carbocycles. The Bertz CT molecular complexity index is 538. The zero-order chi connectivity index (χ0) is 13.0. The van der Waals surface area contributed by atoms with Gasteiger partial charge in [-0.2, -0.15) is 0 Å². The molecule has 0 radical (unpaired) electrons. The van der Waals surface area contributed by atoms with Crippen molar-refractivity contribution in [1.82, 2.24) is 0 Å². The van der Waals surface area contributed by atoms with Gasteiger partial charge in [0.05, 0.1) is 4.92 Å². The third kappa shape index (κ3) is 3.51. The maximum atomic E-state index is 10.5. The number of nitrogens with zero attached hydrogens (tertiary/aromatic N) is 1. The molecule has 0 aliphatic heterocycles. The van der Waals surface area contributed by atoms with E-state index in [0.717, 1.165) is 4.90 Å². The first-order valence-corrected chi connectivity index (χ1v) is 7.46. The Hall–Kier alpha value is -1.46. The van der Waals surface area contributed by atoms with Crippen LogP contribution in [0.5, 0.6) is 0 Å². The Morgan fingerprint density at radius 2 is 1.33 bits per heavy atom. The van der Waals surface area contributed by atoms with Crippen molar-refractivity contribution in [1.29, 1.82) is 0 Å². The number of hydrogen-bond acceptors (Lipinski definition) is 4. The molecule has 0 heterocycles. The smallest absolute Gasteiger partial charge is 0.258 e. The summed E-state index contributed by atoms with van der Waals surface area (Å²) in [6, 6.07) is 14.9. The fourth-order valence-electron chi connectivity index (χ4n) is 1.31. The third-order valence-electron chi connectivity index (χ3n) is 2.30. The van der Waals surface area contributed by atoms with Gasteiger partial charge in [-0.1, -0.05) is 39.3 Å². The first kappa shape index (κ1) is 13.0. The lowest BCUT2D eigenvalue weighted by Crippen LogP contribution is -1.86. The van der Waals surface area contributed by atoms with Crippen molar-refractivity contribution in [3.8, 4) is 0 Å². The molecular weight excluding hydrogens is 266 g/mol. The van der Waals surface area contributed by atoms with Crippen LogP contribution in [0.3, 0.4) is 0 Å². The maximum absolute atomic E-state index is 10.5. The molecule has 0 amide bonds. The van der Waals surface area contributed by atoms with Gasteiger partial charge in [0.15, 0.2) is 0 Å². The summed E-state index contributed by atoms with van der Waals surface area (Å²) in [5.74, 6) is 0. The average molecular weight is 277 g/mol. The Kier molecular flexibility index (Phi) is 4.28. The summed E-state index contributed by atoms with van der Waals surface area (Å²) in [5.41, 5.74) is 1.36. The number of nitro benzene ring substituents is 1. The topological polar surface area (TPSA) is 43.1 Å². The molecule has 0 aliphatic rings. The summed E-state index contributed by atoms with van der Waals surface area (Å²) in [6.07, 6.45) is 0. The van der Waals surface area contributed by atoms with Gasteiger partial charge in [0.25, 0.3) is 5.69 Å². The molecule has 2 aromatic rings. The van der Waals surface area contributed by atoms with Gasteiger partial charge in [-0.3, -0.25) is 10.1 Å². The molecule has 92 valence electrons. The fraction of sp³-hybridized carbons (Fsp3) is 0.0769. The van der Waals surface area contributed by atoms with E-state index in [1.54, 1.807) is 33.7 Å². The number of nitro groups is 1. The van der Waals surface area contributed by atoms with Crippen molar-refractivity contribution in [2.45, 2.75) is 16.7 Å². The maximum Gasteiger partial charge on any atom is 0.269 e. The lowest BCUT2D eigenvalue weighted by atomic mass is 10.2. The van der Waals surface area contributed by atoms with Crippen LogP contribution in [0.4, 0.5) is 5.69 Å². The van der Waals surface area contributed by atoms with Gasteiger partial charge in [0.1, 0.15) is 0 Å². The van der Waals surface area contributed by atoms with Crippen LogP contribution in [0.2, 0.25) is 0 Å². The van der Waals surface area contributed by atoms with Crippen molar-refractivity contribution >= 4 is 27.3 Å². The first-order chi connectivity index (χ1) is 8.65. The van der Waals surface area contributed by atoms with Gasteiger partial charge in [0, 0.05) is 21.9 Å². The van der Waals surface area contributed by atoms with Crippen molar-refractivity contribution in [3.05, 3.63) is 64.2 Å². The van der Waals surface area contributed by atoms with Crippen molar-refractivity contribution in [2.24, 2.45) is 0 Å². The summed E-state index contributed by atoms with van der Waals surface area (Å²) in [5, 5.41) is 10.5. The number of hydrogen-bond donors (Lipinski definition) is 0. The highest BCUT2D eigenvalue weighted by Gasteiger charge is 2.04. The number of benzene rings is 2. The molecule has 3 nitrogen and oxygen atoms in total. The lowest BCUT2D eigenvalue weighted by Gasteiger charge is -2.01. The molecule has 0 spiro atoms. The largest absolute Gasteiger partial charge is 0.269 e. The van der Waals surface area contributed by atoms with Gasteiger partial charge in [-0.25, -0.2) is 0 Å². The van der Waals surface area contributed by atoms with E-state index >= 15 is 0 Å². The second-order valence-electron chi connectivity index (χ2n) is 3.73. The highest BCUT2D eigenvalue weighted by Crippen LogP contribution is 2.37. The molecule has 2 aromatic carbocycles. The van der Waals surface area contributed by atoms with Gasteiger partial charge in [0.2, 0.25) is 0 Å². The molecule has 0 unspecified atom stereocenters. The molecule has 0 N–H and O–H groups in total. The Morgan fingerprint density at radius 1 is 0.889 bits per heavy atom. The van der Waals surface area contributed by atoms with Crippen LogP contribution >= 0.6 is 21.6 Å². The summed E-state index contributed by atoms with van der Waals surface area (Å²) in [7, 11) is 3.24. The van der Waals surface area contributed by atoms with Crippen LogP contribution in [0.15, 0.2) is 58.3 Å². The number of non-ortho nitro benzene ring substituents is 1. The zero-order valence-corrected chi connectivity index (χ0v) is 11.3. The van der Waals surface area contributed by atoms with E-state index in [4.69, 9.17) is 0 Å². The fourth-order valence-corrected chi connectivity index (χ4v) is 3.24. The van der Waals surface area contributed by atoms with Crippen LogP contribution in [-0.2, 0) is 0 Å². The predicted molar refractivity (Wildman–Crippen MR) is 76.0 cm³/mol. The summed E-state index contributed by atoms with van der Waals surface area (Å²) in [4.78, 5) is 12.3. The molecule has 0 fully saturated rings. The van der Waals surface area contributed by atoms with Crippen molar-refractivity contribution in [2.75, 3.05) is 0 Å². The summed E-state index contributed by atoms with van der Waals surface area (Å²) in [6.45, 7) is 2.05. The molecule has 0 bridgehead atoms. The van der Waals surface area contributed by atoms with Crippen LogP contribution in [0, 0.1) is 17.0 Å². The number of aryl methyl sites for hydroxylation is 1. The second-order valence-corrected chi connectivity index (χ2v) is 6.01. The standard InChI is InChI=1S/C13H11NO2S2/c1-10-2-6-12(7-3-10)17-18-13-8-4-11(5-9-13)14(15)16/h2-9H,1H3. The quantitative estimate of drug-likeness (QED) is 0.461. The van der Waals surface area contributed by atoms with Gasteiger partial charge in [-0.05, 0) is 31.2 Å². The van der Waals surface area contributed by atoms with Gasteiger partial charge >= 0.3 is 0 Å². The first-order valence-electron chi connectivity index (χ1n) is 5.31. The van der Waals surface area contributed by atoms with E-state index < -0.39 is 0 Å². The van der Waals surface area contributed by atoms with E-state index in [2.05, 4.69) is 31.2 Å². The van der Waals surface area contributed by atoms with E-state index in [-0.39, 0.29) is 10.6 Å². The Labute approximate surface area is 113 Å². The monoisotopic (exact) mass is 277 g/mol. The Morgan fingerprint density at radius 3 is 1.78 bits per heavy atom. The molecular formula is C13H11NO2S2. The van der Waals surface area contributed by atoms with Crippen LogP contribution < -0.4 is 0 Å². The minimum absolute atomic E-state index is 0.125. The van der Waals surface area contributed by atoms with Crippen LogP contribution in [0.1, 0.15) is 5.56 Å². The zero-order valence-electron chi connectivity index (χ0n) is 9.70. The van der Waals surface area contributed by atoms with E-state index in [0.29, 0.717) is 0 Å². The SMILES string of the molecule is Cc1ccc(SSc2ccc([N+](=O)[O-])cc2)cc1. The molecule has 2 rings (SSSR count). The van der Waals surface area contributed by atoms with Crippen molar-refractivity contribution < 1.29 is 4.92 Å². The Balaban J connectivity index is 1.97. The predicted octanol–water partition coefficient (Wildman–Crippen LogP) is 4.70. The van der Waals surface area contributed by atoms with E-state index in [1.165, 1.54) is 22.6 Å². The summed E-state index contributed by atoms with van der Waals surface area (Å²) < 4.78 is 0. The van der Waals surface area contributed by atoms with E-state index in [9.17, 15) is 10.1 Å². The van der Waals surface area contributed by atoms with Gasteiger partial charge in [-0.15, -0.1) is 0 Å². The molecule has 0 aromatic heterocycles. The molecule has 18 heavy (non-hydrogen) atoms. The van der Waals surface area contributed by atoms with Gasteiger partial charge < -0.3 is 0 Å². The third-order valence-corrected chi connectivity index (χ3v) is 4.72. The normalized spacial score (nSPS) is 10.3. The second kappa shape index (κ2) is 5.93. The average Bonchev–Trinajstić information content (AvgIpc) is 2.38. The van der Waals surface area contributed by atoms with Crippen LogP contribution in [0.25, 0.3) is 0 Å². The minimum atomic E-state index is -0.387. The molecule has 5 heteroatoms. The highest BCUT2D eigenvalue weighted by atomic mass is 33.1. The molecule has 0 atom stereocenters. The lowest BCUT2D eigenvalue weighted by molar-refractivity contribution is -0.384. The summed E-state index contributed by atoms with van der Waals surface area (Å²) >= 11 is 0. The number of rotatable bonds is 4. The van der Waals surface area contributed by atoms with Crippen molar-refractivity contribution in [3.63, 3.8) is 0 Å². The minimum Gasteiger partial charge on any atom is -0.258 e.